The van der Waals surface area contributed by atoms with Crippen molar-refractivity contribution in [2.75, 3.05) is 0 Å². The smallest absolute Gasteiger partial charge is 0.346 e. The highest BCUT2D eigenvalue weighted by molar-refractivity contribution is 6.08. The molecule has 0 heterocycles. The van der Waals surface area contributed by atoms with E-state index in [1.807, 2.05) is 0 Å². The Morgan fingerprint density at radius 2 is 2.23 bits per heavy atom. The van der Waals surface area contributed by atoms with Crippen LogP contribution in [0.15, 0.2) is 0 Å². The second-order valence-corrected chi connectivity index (χ2v) is 3.59. The van der Waals surface area contributed by atoms with Crippen LogP contribution in [0.4, 0.5) is 0 Å². The van der Waals surface area contributed by atoms with Crippen molar-refractivity contribution in [3.8, 4) is 0 Å². The van der Waals surface area contributed by atoms with Crippen LogP contribution in [0.3, 0.4) is 0 Å². The van der Waals surface area contributed by atoms with Crippen molar-refractivity contribution in [2.45, 2.75) is 44.8 Å². The van der Waals surface area contributed by atoms with E-state index in [2.05, 4.69) is 0 Å². The van der Waals surface area contributed by atoms with Crippen LogP contribution in [0, 0.1) is 0 Å². The average Bonchev–Trinajstić information content (AvgIpc) is 2.32. The van der Waals surface area contributed by atoms with Gasteiger partial charge in [-0.05, 0) is 26.7 Å². The SMILES string of the molecule is CC(C)OC(=O)C1(O)CCCC1=O. The zero-order chi connectivity index (χ0) is 10.1. The highest BCUT2D eigenvalue weighted by Crippen LogP contribution is 2.27. The molecular weight excluding hydrogens is 172 g/mol. The minimum atomic E-state index is -1.86. The van der Waals surface area contributed by atoms with E-state index in [1.54, 1.807) is 13.8 Å². The molecule has 13 heavy (non-hydrogen) atoms. The molecule has 1 atom stereocenters. The Morgan fingerprint density at radius 1 is 1.62 bits per heavy atom. The number of ether oxygens (including phenoxy) is 1. The average molecular weight is 186 g/mol. The molecule has 1 unspecified atom stereocenters. The van der Waals surface area contributed by atoms with Crippen LogP contribution >= 0.6 is 0 Å². The van der Waals surface area contributed by atoms with Gasteiger partial charge in [-0.15, -0.1) is 0 Å². The van der Waals surface area contributed by atoms with Crippen molar-refractivity contribution >= 4 is 11.8 Å². The molecule has 0 amide bonds. The van der Waals surface area contributed by atoms with Gasteiger partial charge in [-0.3, -0.25) is 4.79 Å². The summed E-state index contributed by atoms with van der Waals surface area (Å²) in [4.78, 5) is 22.5. The minimum absolute atomic E-state index is 0.192. The van der Waals surface area contributed by atoms with Crippen molar-refractivity contribution in [1.29, 1.82) is 0 Å². The van der Waals surface area contributed by atoms with Gasteiger partial charge in [0.25, 0.3) is 0 Å². The van der Waals surface area contributed by atoms with Gasteiger partial charge < -0.3 is 9.84 Å². The molecular formula is C9H14O4. The van der Waals surface area contributed by atoms with Gasteiger partial charge in [-0.1, -0.05) is 0 Å². The summed E-state index contributed by atoms with van der Waals surface area (Å²) in [5.74, 6) is -1.22. The molecule has 0 spiro atoms. The molecule has 1 aliphatic carbocycles. The molecule has 0 radical (unpaired) electrons. The van der Waals surface area contributed by atoms with E-state index in [1.165, 1.54) is 0 Å². The summed E-state index contributed by atoms with van der Waals surface area (Å²) in [5.41, 5.74) is -1.86. The Balaban J connectivity index is 2.69. The Hall–Kier alpha value is -0.900. The summed E-state index contributed by atoms with van der Waals surface area (Å²) in [7, 11) is 0. The first kappa shape index (κ1) is 10.2. The Bertz CT molecular complexity index is 234. The van der Waals surface area contributed by atoms with E-state index < -0.39 is 17.4 Å². The maximum absolute atomic E-state index is 11.3. The van der Waals surface area contributed by atoms with E-state index >= 15 is 0 Å². The quantitative estimate of drug-likeness (QED) is 0.501. The highest BCUT2D eigenvalue weighted by Gasteiger charge is 2.48. The van der Waals surface area contributed by atoms with Gasteiger partial charge in [0.2, 0.25) is 5.60 Å². The van der Waals surface area contributed by atoms with Gasteiger partial charge >= 0.3 is 5.97 Å². The lowest BCUT2D eigenvalue weighted by atomic mass is 10.0. The van der Waals surface area contributed by atoms with Gasteiger partial charge in [0.1, 0.15) is 0 Å². The normalized spacial score (nSPS) is 28.2. The molecule has 4 nitrogen and oxygen atoms in total. The van der Waals surface area contributed by atoms with Gasteiger partial charge in [0, 0.05) is 6.42 Å². The molecule has 0 aromatic rings. The molecule has 0 saturated heterocycles. The van der Waals surface area contributed by atoms with Crippen LogP contribution in [0.5, 0.6) is 0 Å². The third kappa shape index (κ3) is 1.88. The summed E-state index contributed by atoms with van der Waals surface area (Å²) in [5, 5.41) is 9.65. The number of carbonyl (C=O) groups is 2. The molecule has 74 valence electrons. The number of ketones is 1. The molecule has 1 aliphatic rings. The fourth-order valence-corrected chi connectivity index (χ4v) is 1.38. The van der Waals surface area contributed by atoms with Crippen LogP contribution in [0.25, 0.3) is 0 Å². The number of Topliss-reactive ketones (excluding diaryl/α,β-unsaturated/α-hetero) is 1. The van der Waals surface area contributed by atoms with Crippen LogP contribution in [0.1, 0.15) is 33.1 Å². The molecule has 0 bridgehead atoms. The number of hydrogen-bond acceptors (Lipinski definition) is 4. The number of rotatable bonds is 2. The van der Waals surface area contributed by atoms with Crippen LogP contribution in [0.2, 0.25) is 0 Å². The van der Waals surface area contributed by atoms with E-state index in [9.17, 15) is 14.7 Å². The molecule has 1 fully saturated rings. The first-order valence-corrected chi connectivity index (χ1v) is 4.43. The zero-order valence-corrected chi connectivity index (χ0v) is 7.87. The molecule has 1 rings (SSSR count). The van der Waals surface area contributed by atoms with Crippen LogP contribution in [-0.2, 0) is 14.3 Å². The predicted octanol–water partition coefficient (Wildman–Crippen LogP) is 0.422. The van der Waals surface area contributed by atoms with Gasteiger partial charge in [-0.25, -0.2) is 4.79 Å². The highest BCUT2D eigenvalue weighted by atomic mass is 16.6. The lowest BCUT2D eigenvalue weighted by Crippen LogP contribution is -2.44. The monoisotopic (exact) mass is 186 g/mol. The fraction of sp³-hybridized carbons (Fsp3) is 0.778. The van der Waals surface area contributed by atoms with E-state index in [0.29, 0.717) is 6.42 Å². The third-order valence-electron chi connectivity index (χ3n) is 2.08. The molecule has 0 aliphatic heterocycles. The first-order valence-electron chi connectivity index (χ1n) is 4.43. The van der Waals surface area contributed by atoms with Crippen molar-refractivity contribution in [2.24, 2.45) is 0 Å². The van der Waals surface area contributed by atoms with Crippen LogP contribution in [-0.4, -0.2) is 28.6 Å². The van der Waals surface area contributed by atoms with E-state index in [0.717, 1.165) is 0 Å². The second kappa shape index (κ2) is 3.46. The maximum atomic E-state index is 11.3. The summed E-state index contributed by atoms with van der Waals surface area (Å²) in [6, 6.07) is 0. The second-order valence-electron chi connectivity index (χ2n) is 3.59. The third-order valence-corrected chi connectivity index (χ3v) is 2.08. The number of aliphatic hydroxyl groups is 1. The fourth-order valence-electron chi connectivity index (χ4n) is 1.38. The summed E-state index contributed by atoms with van der Waals surface area (Å²) in [6.45, 7) is 3.36. The summed E-state index contributed by atoms with van der Waals surface area (Å²) < 4.78 is 4.80. The van der Waals surface area contributed by atoms with Crippen molar-refractivity contribution in [3.63, 3.8) is 0 Å². The Labute approximate surface area is 76.9 Å². The van der Waals surface area contributed by atoms with Crippen LogP contribution < -0.4 is 0 Å². The molecule has 1 saturated carbocycles. The topological polar surface area (TPSA) is 63.6 Å². The summed E-state index contributed by atoms with van der Waals surface area (Å²) in [6.07, 6.45) is 0.716. The number of esters is 1. The number of hydrogen-bond donors (Lipinski definition) is 1. The lowest BCUT2D eigenvalue weighted by Gasteiger charge is -2.19. The van der Waals surface area contributed by atoms with Gasteiger partial charge in [0.05, 0.1) is 6.10 Å². The Morgan fingerprint density at radius 3 is 2.62 bits per heavy atom. The zero-order valence-electron chi connectivity index (χ0n) is 7.87. The Kier molecular flexibility index (Phi) is 2.71. The molecule has 0 aromatic heterocycles. The predicted molar refractivity (Wildman–Crippen MR) is 45.0 cm³/mol. The first-order chi connectivity index (χ1) is 5.97. The number of carbonyl (C=O) groups excluding carboxylic acids is 2. The lowest BCUT2D eigenvalue weighted by molar-refractivity contribution is -0.171. The standard InChI is InChI=1S/C9H14O4/c1-6(2)13-8(11)9(12)5-3-4-7(9)10/h6,12H,3-5H2,1-2H3. The van der Waals surface area contributed by atoms with E-state index in [4.69, 9.17) is 4.74 Å². The molecule has 0 aromatic carbocycles. The molecule has 4 heteroatoms. The van der Waals surface area contributed by atoms with Gasteiger partial charge in [-0.2, -0.15) is 0 Å². The minimum Gasteiger partial charge on any atom is -0.460 e. The van der Waals surface area contributed by atoms with Crippen molar-refractivity contribution in [3.05, 3.63) is 0 Å². The van der Waals surface area contributed by atoms with Crippen molar-refractivity contribution in [1.82, 2.24) is 0 Å². The maximum Gasteiger partial charge on any atom is 0.346 e. The van der Waals surface area contributed by atoms with Crippen molar-refractivity contribution < 1.29 is 19.4 Å². The van der Waals surface area contributed by atoms with E-state index in [-0.39, 0.29) is 18.9 Å². The molecule has 1 N–H and O–H groups in total. The summed E-state index contributed by atoms with van der Waals surface area (Å²) >= 11 is 0. The van der Waals surface area contributed by atoms with Gasteiger partial charge in [0.15, 0.2) is 5.78 Å². The largest absolute Gasteiger partial charge is 0.460 e.